The summed E-state index contributed by atoms with van der Waals surface area (Å²) in [5, 5.41) is 3.34. The lowest BCUT2D eigenvalue weighted by atomic mass is 10.0. The molecule has 0 heterocycles. The Hall–Kier alpha value is -1.02. The highest BCUT2D eigenvalue weighted by atomic mass is 16.5. The Morgan fingerprint density at radius 2 is 2.06 bits per heavy atom. The van der Waals surface area contributed by atoms with E-state index in [1.807, 2.05) is 27.0 Å². The molecule has 1 aromatic carbocycles. The third kappa shape index (κ3) is 3.86. The van der Waals surface area contributed by atoms with Gasteiger partial charge in [-0.2, -0.15) is 0 Å². The minimum Gasteiger partial charge on any atom is -0.491 e. The SMILES string of the molecule is CCCC(NC)c1cccc(OC(C)C)c1. The predicted octanol–water partition coefficient (Wildman–Crippen LogP) is 3.53. The van der Waals surface area contributed by atoms with E-state index in [4.69, 9.17) is 4.74 Å². The van der Waals surface area contributed by atoms with E-state index in [1.165, 1.54) is 12.0 Å². The molecule has 0 aromatic heterocycles. The first-order valence-corrected chi connectivity index (χ1v) is 6.11. The van der Waals surface area contributed by atoms with E-state index in [0.717, 1.165) is 12.2 Å². The molecule has 0 aliphatic heterocycles. The molecule has 0 spiro atoms. The van der Waals surface area contributed by atoms with Crippen LogP contribution in [0.15, 0.2) is 24.3 Å². The molecule has 0 saturated carbocycles. The molecule has 0 amide bonds. The number of ether oxygens (including phenoxy) is 1. The van der Waals surface area contributed by atoms with Crippen molar-refractivity contribution in [1.29, 1.82) is 0 Å². The maximum absolute atomic E-state index is 5.70. The lowest BCUT2D eigenvalue weighted by Gasteiger charge is -2.17. The summed E-state index contributed by atoms with van der Waals surface area (Å²) in [4.78, 5) is 0. The van der Waals surface area contributed by atoms with Crippen LogP contribution < -0.4 is 10.1 Å². The average molecular weight is 221 g/mol. The average Bonchev–Trinajstić information content (AvgIpc) is 2.25. The van der Waals surface area contributed by atoms with Crippen molar-refractivity contribution in [3.05, 3.63) is 29.8 Å². The predicted molar refractivity (Wildman–Crippen MR) is 68.9 cm³/mol. The van der Waals surface area contributed by atoms with Crippen molar-refractivity contribution in [1.82, 2.24) is 5.32 Å². The topological polar surface area (TPSA) is 21.3 Å². The fraction of sp³-hybridized carbons (Fsp3) is 0.571. The summed E-state index contributed by atoms with van der Waals surface area (Å²) in [5.74, 6) is 0.962. The highest BCUT2D eigenvalue weighted by molar-refractivity contribution is 5.30. The van der Waals surface area contributed by atoms with E-state index in [-0.39, 0.29) is 6.10 Å². The molecule has 0 aliphatic carbocycles. The van der Waals surface area contributed by atoms with Crippen LogP contribution in [0.1, 0.15) is 45.2 Å². The van der Waals surface area contributed by atoms with Crippen molar-refractivity contribution in [2.75, 3.05) is 7.05 Å². The smallest absolute Gasteiger partial charge is 0.120 e. The number of benzene rings is 1. The van der Waals surface area contributed by atoms with E-state index in [2.05, 4.69) is 30.4 Å². The van der Waals surface area contributed by atoms with Gasteiger partial charge >= 0.3 is 0 Å². The fourth-order valence-corrected chi connectivity index (χ4v) is 1.84. The second kappa shape index (κ2) is 6.54. The molecule has 0 fully saturated rings. The first-order valence-electron chi connectivity index (χ1n) is 6.11. The van der Waals surface area contributed by atoms with Gasteiger partial charge < -0.3 is 10.1 Å². The molecule has 1 unspecified atom stereocenters. The third-order valence-electron chi connectivity index (χ3n) is 2.56. The Labute approximate surface area is 99.0 Å². The Bertz CT molecular complexity index is 309. The summed E-state index contributed by atoms with van der Waals surface area (Å²) in [6.45, 7) is 6.31. The van der Waals surface area contributed by atoms with Crippen LogP contribution in [0, 0.1) is 0 Å². The molecule has 1 N–H and O–H groups in total. The van der Waals surface area contributed by atoms with Crippen LogP contribution in [0.25, 0.3) is 0 Å². The maximum Gasteiger partial charge on any atom is 0.120 e. The summed E-state index contributed by atoms with van der Waals surface area (Å²) in [7, 11) is 2.01. The van der Waals surface area contributed by atoms with Crippen molar-refractivity contribution >= 4 is 0 Å². The highest BCUT2D eigenvalue weighted by Gasteiger charge is 2.08. The normalized spacial score (nSPS) is 12.8. The van der Waals surface area contributed by atoms with E-state index < -0.39 is 0 Å². The molecule has 90 valence electrons. The fourth-order valence-electron chi connectivity index (χ4n) is 1.84. The van der Waals surface area contributed by atoms with Crippen LogP contribution in [0.3, 0.4) is 0 Å². The van der Waals surface area contributed by atoms with Crippen LogP contribution >= 0.6 is 0 Å². The van der Waals surface area contributed by atoms with E-state index in [1.54, 1.807) is 0 Å². The summed E-state index contributed by atoms with van der Waals surface area (Å²) in [6, 6.07) is 8.80. The molecule has 16 heavy (non-hydrogen) atoms. The summed E-state index contributed by atoms with van der Waals surface area (Å²) in [5.41, 5.74) is 1.31. The minimum atomic E-state index is 0.231. The lowest BCUT2D eigenvalue weighted by Crippen LogP contribution is -2.16. The van der Waals surface area contributed by atoms with Gasteiger partial charge in [-0.25, -0.2) is 0 Å². The molecule has 0 bridgehead atoms. The molecular weight excluding hydrogens is 198 g/mol. The number of rotatable bonds is 6. The van der Waals surface area contributed by atoms with Crippen LogP contribution in [0.2, 0.25) is 0 Å². The summed E-state index contributed by atoms with van der Waals surface area (Å²) in [6.07, 6.45) is 2.57. The highest BCUT2D eigenvalue weighted by Crippen LogP contribution is 2.23. The van der Waals surface area contributed by atoms with Gasteiger partial charge in [0.2, 0.25) is 0 Å². The van der Waals surface area contributed by atoms with Crippen molar-refractivity contribution < 1.29 is 4.74 Å². The number of hydrogen-bond donors (Lipinski definition) is 1. The van der Waals surface area contributed by atoms with Gasteiger partial charge in [0.1, 0.15) is 5.75 Å². The van der Waals surface area contributed by atoms with Gasteiger partial charge in [-0.1, -0.05) is 25.5 Å². The number of hydrogen-bond acceptors (Lipinski definition) is 2. The second-order valence-electron chi connectivity index (χ2n) is 4.37. The zero-order valence-corrected chi connectivity index (χ0v) is 10.8. The first kappa shape index (κ1) is 13.0. The monoisotopic (exact) mass is 221 g/mol. The molecular formula is C14H23NO. The zero-order chi connectivity index (χ0) is 12.0. The largest absolute Gasteiger partial charge is 0.491 e. The van der Waals surface area contributed by atoms with Crippen molar-refractivity contribution in [3.63, 3.8) is 0 Å². The molecule has 2 heteroatoms. The van der Waals surface area contributed by atoms with Gasteiger partial charge in [0.25, 0.3) is 0 Å². The Balaban J connectivity index is 2.79. The quantitative estimate of drug-likeness (QED) is 0.793. The molecule has 0 saturated heterocycles. The first-order chi connectivity index (χ1) is 7.67. The van der Waals surface area contributed by atoms with Crippen LogP contribution in [-0.4, -0.2) is 13.2 Å². The minimum absolute atomic E-state index is 0.231. The molecule has 2 nitrogen and oxygen atoms in total. The van der Waals surface area contributed by atoms with Gasteiger partial charge in [-0.15, -0.1) is 0 Å². The van der Waals surface area contributed by atoms with Crippen LogP contribution in [0.5, 0.6) is 5.75 Å². The molecule has 1 atom stereocenters. The van der Waals surface area contributed by atoms with Gasteiger partial charge in [-0.3, -0.25) is 0 Å². The molecule has 0 aliphatic rings. The lowest BCUT2D eigenvalue weighted by molar-refractivity contribution is 0.242. The third-order valence-corrected chi connectivity index (χ3v) is 2.56. The van der Waals surface area contributed by atoms with Gasteiger partial charge in [-0.05, 0) is 45.0 Å². The van der Waals surface area contributed by atoms with Gasteiger partial charge in [0.05, 0.1) is 6.10 Å². The Morgan fingerprint density at radius 1 is 1.31 bits per heavy atom. The van der Waals surface area contributed by atoms with Crippen molar-refractivity contribution in [2.45, 2.75) is 45.8 Å². The molecule has 1 rings (SSSR count). The second-order valence-corrected chi connectivity index (χ2v) is 4.37. The van der Waals surface area contributed by atoms with E-state index in [9.17, 15) is 0 Å². The summed E-state index contributed by atoms with van der Waals surface area (Å²) < 4.78 is 5.70. The molecule has 0 radical (unpaired) electrons. The zero-order valence-electron chi connectivity index (χ0n) is 10.8. The van der Waals surface area contributed by atoms with Crippen molar-refractivity contribution in [2.24, 2.45) is 0 Å². The van der Waals surface area contributed by atoms with Crippen LogP contribution in [0.4, 0.5) is 0 Å². The molecule has 1 aromatic rings. The number of nitrogens with one attached hydrogen (secondary N) is 1. The van der Waals surface area contributed by atoms with Gasteiger partial charge in [0.15, 0.2) is 0 Å². The van der Waals surface area contributed by atoms with E-state index in [0.29, 0.717) is 6.04 Å². The van der Waals surface area contributed by atoms with Crippen LogP contribution in [-0.2, 0) is 0 Å². The standard InChI is InChI=1S/C14H23NO/c1-5-7-14(15-4)12-8-6-9-13(10-12)16-11(2)3/h6,8-11,14-15H,5,7H2,1-4H3. The maximum atomic E-state index is 5.70. The Morgan fingerprint density at radius 3 is 2.62 bits per heavy atom. The Kier molecular flexibility index (Phi) is 5.33. The van der Waals surface area contributed by atoms with E-state index >= 15 is 0 Å². The van der Waals surface area contributed by atoms with Crippen molar-refractivity contribution in [3.8, 4) is 5.75 Å². The van der Waals surface area contributed by atoms with Gasteiger partial charge in [0, 0.05) is 6.04 Å². The summed E-state index contributed by atoms with van der Waals surface area (Å²) >= 11 is 0.